The Morgan fingerprint density at radius 3 is 2.86 bits per heavy atom. The predicted molar refractivity (Wildman–Crippen MR) is 107 cm³/mol. The number of hydrogen-bond donors (Lipinski definition) is 2. The Balaban J connectivity index is 1.88. The molecule has 1 aliphatic heterocycles. The SMILES string of the molecule is CCN(C(=O)OC(C)(C)C)C1CCNC(c2c(C)nc3c(F)cc(N)cn23)C1. The molecule has 0 bridgehead atoms. The lowest BCUT2D eigenvalue weighted by atomic mass is 9.95. The van der Waals surface area contributed by atoms with Crippen LogP contribution in [0, 0.1) is 12.7 Å². The van der Waals surface area contributed by atoms with Gasteiger partial charge in [-0.3, -0.25) is 4.40 Å². The minimum atomic E-state index is -0.538. The molecule has 1 amide bonds. The van der Waals surface area contributed by atoms with Crippen LogP contribution in [0.4, 0.5) is 14.9 Å². The third kappa shape index (κ3) is 4.06. The molecule has 28 heavy (non-hydrogen) atoms. The molecule has 8 heteroatoms. The fourth-order valence-electron chi connectivity index (χ4n) is 3.92. The van der Waals surface area contributed by atoms with Gasteiger partial charge in [0.15, 0.2) is 11.5 Å². The van der Waals surface area contributed by atoms with E-state index in [1.165, 1.54) is 6.07 Å². The van der Waals surface area contributed by atoms with Gasteiger partial charge in [0.05, 0.1) is 23.1 Å². The maximum atomic E-state index is 14.3. The van der Waals surface area contributed by atoms with Crippen molar-refractivity contribution in [3.05, 3.63) is 29.5 Å². The summed E-state index contributed by atoms with van der Waals surface area (Å²) in [6, 6.07) is 1.25. The molecule has 2 aromatic rings. The number of pyridine rings is 1. The number of fused-ring (bicyclic) bond motifs is 1. The Labute approximate surface area is 165 Å². The Morgan fingerprint density at radius 1 is 1.50 bits per heavy atom. The Bertz CT molecular complexity index is 874. The van der Waals surface area contributed by atoms with Gasteiger partial charge in [-0.2, -0.15) is 0 Å². The Morgan fingerprint density at radius 2 is 2.21 bits per heavy atom. The van der Waals surface area contributed by atoms with Crippen molar-refractivity contribution in [2.24, 2.45) is 0 Å². The van der Waals surface area contributed by atoms with Gasteiger partial charge in [0.25, 0.3) is 0 Å². The monoisotopic (exact) mass is 391 g/mol. The van der Waals surface area contributed by atoms with Gasteiger partial charge in [-0.05, 0) is 54.0 Å². The zero-order chi connectivity index (χ0) is 20.6. The van der Waals surface area contributed by atoms with E-state index >= 15 is 0 Å². The van der Waals surface area contributed by atoms with Gasteiger partial charge < -0.3 is 20.7 Å². The first kappa shape index (κ1) is 20.4. The first-order valence-electron chi connectivity index (χ1n) is 9.77. The van der Waals surface area contributed by atoms with Gasteiger partial charge in [-0.1, -0.05) is 0 Å². The van der Waals surface area contributed by atoms with Crippen molar-refractivity contribution in [2.75, 3.05) is 18.8 Å². The molecule has 1 aliphatic rings. The number of halogens is 1. The van der Waals surface area contributed by atoms with Crippen LogP contribution in [0.3, 0.4) is 0 Å². The van der Waals surface area contributed by atoms with E-state index in [1.807, 2.05) is 34.6 Å². The average Bonchev–Trinajstić information content (AvgIpc) is 2.90. The van der Waals surface area contributed by atoms with E-state index in [0.717, 1.165) is 24.4 Å². The Hall–Kier alpha value is -2.35. The molecular formula is C20H30FN5O2. The maximum Gasteiger partial charge on any atom is 0.410 e. The average molecular weight is 391 g/mol. The molecule has 3 N–H and O–H groups in total. The molecule has 2 unspecified atom stereocenters. The van der Waals surface area contributed by atoms with Crippen LogP contribution in [0.15, 0.2) is 12.3 Å². The van der Waals surface area contributed by atoms with Crippen LogP contribution in [0.1, 0.15) is 58.0 Å². The normalized spacial score (nSPS) is 20.4. The summed E-state index contributed by atoms with van der Waals surface area (Å²) < 4.78 is 21.6. The number of amides is 1. The largest absolute Gasteiger partial charge is 0.444 e. The number of carbonyl (C=O) groups excluding carboxylic acids is 1. The van der Waals surface area contributed by atoms with Gasteiger partial charge in [0.1, 0.15) is 5.60 Å². The van der Waals surface area contributed by atoms with Gasteiger partial charge >= 0.3 is 6.09 Å². The second-order valence-corrected chi connectivity index (χ2v) is 8.35. The number of anilines is 1. The molecule has 0 aliphatic carbocycles. The molecule has 0 aromatic carbocycles. The van der Waals surface area contributed by atoms with Crippen LogP contribution in [0.2, 0.25) is 0 Å². The first-order valence-corrected chi connectivity index (χ1v) is 9.77. The molecule has 1 fully saturated rings. The van der Waals surface area contributed by atoms with E-state index in [9.17, 15) is 9.18 Å². The van der Waals surface area contributed by atoms with Crippen LogP contribution in [0.25, 0.3) is 5.65 Å². The van der Waals surface area contributed by atoms with Gasteiger partial charge in [-0.25, -0.2) is 14.2 Å². The van der Waals surface area contributed by atoms with Crippen molar-refractivity contribution in [3.8, 4) is 0 Å². The van der Waals surface area contributed by atoms with Crippen molar-refractivity contribution < 1.29 is 13.9 Å². The number of aryl methyl sites for hydroxylation is 1. The third-order valence-electron chi connectivity index (χ3n) is 5.03. The van der Waals surface area contributed by atoms with E-state index < -0.39 is 11.4 Å². The fourth-order valence-corrected chi connectivity index (χ4v) is 3.92. The summed E-state index contributed by atoms with van der Waals surface area (Å²) in [6.45, 7) is 10.7. The van der Waals surface area contributed by atoms with Crippen molar-refractivity contribution in [1.29, 1.82) is 0 Å². The number of hydrogen-bond acceptors (Lipinski definition) is 5. The number of aromatic nitrogens is 2. The van der Waals surface area contributed by atoms with Gasteiger partial charge in [-0.15, -0.1) is 0 Å². The van der Waals surface area contributed by atoms with Crippen molar-refractivity contribution in [1.82, 2.24) is 19.6 Å². The lowest BCUT2D eigenvalue weighted by Gasteiger charge is -2.38. The zero-order valence-corrected chi connectivity index (χ0v) is 17.3. The standard InChI is InChI=1S/C20H30FN5O2/c1-6-25(19(27)28-20(3,4)5)14-7-8-23-16(10-14)17-12(2)24-18-15(21)9-13(22)11-26(17)18/h9,11,14,16,23H,6-8,10,22H2,1-5H3. The van der Waals surface area contributed by atoms with Crippen molar-refractivity contribution in [2.45, 2.75) is 65.1 Å². The van der Waals surface area contributed by atoms with Crippen LogP contribution in [-0.4, -0.2) is 45.1 Å². The molecule has 0 saturated carbocycles. The molecule has 0 radical (unpaired) electrons. The second-order valence-electron chi connectivity index (χ2n) is 8.35. The summed E-state index contributed by atoms with van der Waals surface area (Å²) in [4.78, 5) is 18.8. The van der Waals surface area contributed by atoms with Crippen LogP contribution in [-0.2, 0) is 4.74 Å². The molecule has 154 valence electrons. The van der Waals surface area contributed by atoms with E-state index in [2.05, 4.69) is 10.3 Å². The summed E-state index contributed by atoms with van der Waals surface area (Å²) in [5.41, 5.74) is 7.56. The number of rotatable bonds is 3. The molecule has 2 atom stereocenters. The smallest absolute Gasteiger partial charge is 0.410 e. The summed E-state index contributed by atoms with van der Waals surface area (Å²) in [7, 11) is 0. The summed E-state index contributed by atoms with van der Waals surface area (Å²) >= 11 is 0. The fraction of sp³-hybridized carbons (Fsp3) is 0.600. The van der Waals surface area contributed by atoms with E-state index in [0.29, 0.717) is 18.7 Å². The third-order valence-corrected chi connectivity index (χ3v) is 5.03. The number of nitrogens with zero attached hydrogens (tertiary/aromatic N) is 3. The van der Waals surface area contributed by atoms with Gasteiger partial charge in [0.2, 0.25) is 0 Å². The number of carbonyl (C=O) groups is 1. The number of nitrogen functional groups attached to an aromatic ring is 1. The highest BCUT2D eigenvalue weighted by atomic mass is 19.1. The van der Waals surface area contributed by atoms with Gasteiger partial charge in [0, 0.05) is 24.8 Å². The summed E-state index contributed by atoms with van der Waals surface area (Å²) in [5, 5.41) is 3.49. The lowest BCUT2D eigenvalue weighted by Crippen LogP contribution is -2.48. The molecule has 3 heterocycles. The van der Waals surface area contributed by atoms with E-state index in [1.54, 1.807) is 15.5 Å². The molecular weight excluding hydrogens is 361 g/mol. The van der Waals surface area contributed by atoms with Crippen LogP contribution < -0.4 is 11.1 Å². The number of nitrogens with one attached hydrogen (secondary N) is 1. The van der Waals surface area contributed by atoms with Crippen molar-refractivity contribution in [3.63, 3.8) is 0 Å². The topological polar surface area (TPSA) is 84.9 Å². The molecule has 3 rings (SSSR count). The predicted octanol–water partition coefficient (Wildman–Crippen LogP) is 3.41. The second kappa shape index (κ2) is 7.58. The number of nitrogens with two attached hydrogens (primary N) is 1. The quantitative estimate of drug-likeness (QED) is 0.837. The highest BCUT2D eigenvalue weighted by molar-refractivity contribution is 5.68. The minimum Gasteiger partial charge on any atom is -0.444 e. The number of piperidine rings is 1. The molecule has 1 saturated heterocycles. The highest BCUT2D eigenvalue weighted by Crippen LogP contribution is 2.31. The molecule has 2 aromatic heterocycles. The van der Waals surface area contributed by atoms with E-state index in [4.69, 9.17) is 10.5 Å². The first-order chi connectivity index (χ1) is 13.1. The zero-order valence-electron chi connectivity index (χ0n) is 17.3. The van der Waals surface area contributed by atoms with Crippen LogP contribution >= 0.6 is 0 Å². The van der Waals surface area contributed by atoms with Crippen molar-refractivity contribution >= 4 is 17.4 Å². The van der Waals surface area contributed by atoms with E-state index in [-0.39, 0.29) is 23.8 Å². The number of imidazole rings is 1. The summed E-state index contributed by atoms with van der Waals surface area (Å²) in [5.74, 6) is -0.439. The maximum absolute atomic E-state index is 14.3. The molecule has 0 spiro atoms. The minimum absolute atomic E-state index is 0.0296. The summed E-state index contributed by atoms with van der Waals surface area (Å²) in [6.07, 6.45) is 2.92. The lowest BCUT2D eigenvalue weighted by molar-refractivity contribution is 0.0124. The highest BCUT2D eigenvalue weighted by Gasteiger charge is 2.33. The molecule has 7 nitrogen and oxygen atoms in total. The van der Waals surface area contributed by atoms with Crippen LogP contribution in [0.5, 0.6) is 0 Å². The Kier molecular flexibility index (Phi) is 5.52. The number of ether oxygens (including phenoxy) is 1.